The average molecular weight is 925 g/mol. The van der Waals surface area contributed by atoms with Gasteiger partial charge in [0.25, 0.3) is 11.8 Å². The maximum absolute atomic E-state index is 13.2. The Bertz CT molecular complexity index is 2370. The van der Waals surface area contributed by atoms with E-state index in [1.807, 2.05) is 25.1 Å². The zero-order valence-corrected chi connectivity index (χ0v) is 40.7. The molecular formula is C49H64N8O10. The molecule has 6 amide bonds. The maximum Gasteiger partial charge on any atom is 0.437 e. The third-order valence-electron chi connectivity index (χ3n) is 8.88. The van der Waals surface area contributed by atoms with Crippen molar-refractivity contribution >= 4 is 65.1 Å². The first-order chi connectivity index (χ1) is 31.0. The summed E-state index contributed by atoms with van der Waals surface area (Å²) >= 11 is 0. The highest BCUT2D eigenvalue weighted by Crippen LogP contribution is 2.25. The van der Waals surface area contributed by atoms with Crippen molar-refractivity contribution in [3.8, 4) is 0 Å². The van der Waals surface area contributed by atoms with Crippen LogP contribution in [0.1, 0.15) is 127 Å². The van der Waals surface area contributed by atoms with Crippen LogP contribution in [-0.4, -0.2) is 88.5 Å². The summed E-state index contributed by atoms with van der Waals surface area (Å²) in [4.78, 5) is 86.7. The Hall–Kier alpha value is -7.24. The Balaban J connectivity index is 1.35. The standard InChI is InChI=1S/C49H64N8O10/c1-30-28-37(23-20-35(30)29-50-40(53-42(60)64-46(2,3)4)54-43(61)65-47(5,6)7)52-39(59)34-16-14-33(15-17-34)38(58)51-36-21-18-31(19-22-36)32-24-26-57(27-25-32)41(55-44(62)66-48(8,9)10)56-45(63)67-49(11,12)13/h14-24,28H,25-27,29H2,1-13H3,(H,51,58)(H,52,59)(H,55,56,62,63)(H2,50,53,54,60,61). The number of benzene rings is 3. The Labute approximate surface area is 392 Å². The van der Waals surface area contributed by atoms with Gasteiger partial charge < -0.3 is 34.5 Å². The molecule has 1 aliphatic rings. The van der Waals surface area contributed by atoms with Gasteiger partial charge in [-0.2, -0.15) is 0 Å². The van der Waals surface area contributed by atoms with Gasteiger partial charge in [0, 0.05) is 35.6 Å². The van der Waals surface area contributed by atoms with Crippen molar-refractivity contribution in [1.29, 1.82) is 0 Å². The number of aliphatic imine (C=N–C) groups is 2. The Morgan fingerprint density at radius 1 is 0.597 bits per heavy atom. The number of nitrogens with one attached hydrogen (secondary N) is 5. The summed E-state index contributed by atoms with van der Waals surface area (Å²) in [5.74, 6) is -0.879. The Morgan fingerprint density at radius 3 is 1.51 bits per heavy atom. The molecule has 1 aliphatic heterocycles. The van der Waals surface area contributed by atoms with Gasteiger partial charge in [-0.25, -0.2) is 24.2 Å². The molecule has 0 saturated heterocycles. The van der Waals surface area contributed by atoms with Gasteiger partial charge in [0.05, 0.1) is 6.54 Å². The fraction of sp³-hybridized carbons (Fsp3) is 0.429. The van der Waals surface area contributed by atoms with E-state index in [0.717, 1.165) is 22.3 Å². The van der Waals surface area contributed by atoms with Gasteiger partial charge in [-0.1, -0.05) is 24.3 Å². The molecule has 3 aromatic carbocycles. The third kappa shape index (κ3) is 18.6. The summed E-state index contributed by atoms with van der Waals surface area (Å²) in [6.45, 7) is 23.3. The molecule has 0 atom stereocenters. The van der Waals surface area contributed by atoms with Crippen LogP contribution < -0.4 is 26.6 Å². The molecule has 0 fully saturated rings. The van der Waals surface area contributed by atoms with Crippen LogP contribution in [0.3, 0.4) is 0 Å². The fourth-order valence-electron chi connectivity index (χ4n) is 6.04. The Kier molecular flexibility index (Phi) is 17.1. The molecule has 0 spiro atoms. The molecule has 1 heterocycles. The lowest BCUT2D eigenvalue weighted by molar-refractivity contribution is 0.0528. The average Bonchev–Trinajstić information content (AvgIpc) is 3.17. The lowest BCUT2D eigenvalue weighted by atomic mass is 9.99. The van der Waals surface area contributed by atoms with E-state index in [2.05, 4.69) is 36.6 Å². The highest BCUT2D eigenvalue weighted by molar-refractivity contribution is 6.07. The van der Waals surface area contributed by atoms with Gasteiger partial charge in [-0.15, -0.1) is 4.99 Å². The molecule has 18 nitrogen and oxygen atoms in total. The number of alkyl carbamates (subject to hydrolysis) is 3. The van der Waals surface area contributed by atoms with E-state index >= 15 is 0 Å². The molecule has 0 saturated carbocycles. The number of amides is 6. The zero-order valence-electron chi connectivity index (χ0n) is 40.7. The minimum absolute atomic E-state index is 0.0229. The second kappa shape index (κ2) is 21.8. The molecule has 360 valence electrons. The van der Waals surface area contributed by atoms with E-state index in [4.69, 9.17) is 18.9 Å². The molecule has 4 rings (SSSR count). The van der Waals surface area contributed by atoms with Crippen LogP contribution in [0.4, 0.5) is 30.6 Å². The quantitative estimate of drug-likeness (QED) is 0.0852. The maximum atomic E-state index is 13.2. The molecule has 0 radical (unpaired) electrons. The van der Waals surface area contributed by atoms with E-state index in [9.17, 15) is 28.8 Å². The number of carbonyl (C=O) groups excluding carboxylic acids is 6. The zero-order chi connectivity index (χ0) is 49.9. The van der Waals surface area contributed by atoms with Crippen molar-refractivity contribution in [2.75, 3.05) is 23.7 Å². The number of rotatable bonds is 7. The Morgan fingerprint density at radius 2 is 1.06 bits per heavy atom. The van der Waals surface area contributed by atoms with Crippen LogP contribution >= 0.6 is 0 Å². The van der Waals surface area contributed by atoms with Gasteiger partial charge in [-0.05, 0) is 167 Å². The molecule has 0 bridgehead atoms. The molecule has 0 unspecified atom stereocenters. The summed E-state index contributed by atoms with van der Waals surface area (Å²) in [6, 6.07) is 18.9. The lowest BCUT2D eigenvalue weighted by Crippen LogP contribution is -2.48. The largest absolute Gasteiger partial charge is 0.444 e. The van der Waals surface area contributed by atoms with E-state index in [1.54, 1.807) is 143 Å². The summed E-state index contributed by atoms with van der Waals surface area (Å²) in [6.07, 6.45) is -0.652. The first-order valence-corrected chi connectivity index (χ1v) is 21.7. The van der Waals surface area contributed by atoms with Crippen LogP contribution in [-0.2, 0) is 25.5 Å². The number of hydrogen-bond donors (Lipinski definition) is 5. The van der Waals surface area contributed by atoms with Crippen LogP contribution in [0.5, 0.6) is 0 Å². The number of aryl methyl sites for hydroxylation is 1. The first-order valence-electron chi connectivity index (χ1n) is 21.7. The minimum Gasteiger partial charge on any atom is -0.444 e. The SMILES string of the molecule is Cc1cc(NC(=O)c2ccc(C(=O)Nc3ccc(C4=CCN(/C(=N/C(=O)OC(C)(C)C)NC(=O)OC(C)(C)C)CC4)cc3)cc2)ccc1CN=C(NC(=O)OC(C)(C)C)NC(=O)OC(C)(C)C. The van der Waals surface area contributed by atoms with Crippen LogP contribution in [0.15, 0.2) is 82.8 Å². The predicted molar refractivity (Wildman–Crippen MR) is 257 cm³/mol. The van der Waals surface area contributed by atoms with Crippen molar-refractivity contribution in [1.82, 2.24) is 20.9 Å². The van der Waals surface area contributed by atoms with Crippen molar-refractivity contribution in [3.05, 3.63) is 101 Å². The van der Waals surface area contributed by atoms with Gasteiger partial charge >= 0.3 is 24.4 Å². The third-order valence-corrected chi connectivity index (χ3v) is 8.88. The smallest absolute Gasteiger partial charge is 0.437 e. The number of hydrogen-bond acceptors (Lipinski definition) is 11. The van der Waals surface area contributed by atoms with Crippen molar-refractivity contribution in [2.45, 2.75) is 125 Å². The first kappa shape index (κ1) is 52.4. The van der Waals surface area contributed by atoms with Crippen LogP contribution in [0.25, 0.3) is 5.57 Å². The highest BCUT2D eigenvalue weighted by atomic mass is 16.6. The van der Waals surface area contributed by atoms with E-state index in [-0.39, 0.29) is 30.3 Å². The van der Waals surface area contributed by atoms with Crippen molar-refractivity contribution < 1.29 is 47.7 Å². The van der Waals surface area contributed by atoms with Crippen LogP contribution in [0, 0.1) is 6.92 Å². The van der Waals surface area contributed by atoms with Gasteiger partial charge in [-0.3, -0.25) is 25.5 Å². The molecule has 18 heteroatoms. The van der Waals surface area contributed by atoms with E-state index in [0.29, 0.717) is 42.0 Å². The second-order valence-electron chi connectivity index (χ2n) is 19.6. The molecule has 0 aromatic heterocycles. The molecule has 5 N–H and O–H groups in total. The molecule has 0 aliphatic carbocycles. The van der Waals surface area contributed by atoms with Gasteiger partial charge in [0.1, 0.15) is 22.4 Å². The number of guanidine groups is 2. The normalized spacial score (nSPS) is 13.2. The topological polar surface area (TPSA) is 227 Å². The fourth-order valence-corrected chi connectivity index (χ4v) is 6.04. The van der Waals surface area contributed by atoms with Crippen LogP contribution in [0.2, 0.25) is 0 Å². The predicted octanol–water partition coefficient (Wildman–Crippen LogP) is 9.31. The molecule has 3 aromatic rings. The van der Waals surface area contributed by atoms with E-state index in [1.165, 1.54) is 0 Å². The van der Waals surface area contributed by atoms with Crippen molar-refractivity contribution in [3.63, 3.8) is 0 Å². The van der Waals surface area contributed by atoms with Crippen molar-refractivity contribution in [2.24, 2.45) is 9.98 Å². The summed E-state index contributed by atoms with van der Waals surface area (Å²) < 4.78 is 21.4. The highest BCUT2D eigenvalue weighted by Gasteiger charge is 2.26. The minimum atomic E-state index is -0.841. The lowest BCUT2D eigenvalue weighted by Gasteiger charge is -2.30. The monoisotopic (exact) mass is 924 g/mol. The summed E-state index contributed by atoms with van der Waals surface area (Å²) in [5, 5.41) is 13.3. The van der Waals surface area contributed by atoms with E-state index < -0.39 is 46.8 Å². The number of ether oxygens (including phenoxy) is 4. The number of anilines is 2. The summed E-state index contributed by atoms with van der Waals surface area (Å²) in [5.41, 5.74) is 2.18. The summed E-state index contributed by atoms with van der Waals surface area (Å²) in [7, 11) is 0. The molecular weight excluding hydrogens is 861 g/mol. The molecule has 67 heavy (non-hydrogen) atoms. The number of carbonyl (C=O) groups is 6. The van der Waals surface area contributed by atoms with Gasteiger partial charge in [0.2, 0.25) is 11.9 Å². The second-order valence-corrected chi connectivity index (χ2v) is 19.6. The number of nitrogens with zero attached hydrogens (tertiary/aromatic N) is 3. The van der Waals surface area contributed by atoms with Gasteiger partial charge in [0.15, 0.2) is 0 Å².